The van der Waals surface area contributed by atoms with Crippen molar-refractivity contribution in [3.05, 3.63) is 0 Å². The molecular weight excluding hydrogens is 334 g/mol. The van der Waals surface area contributed by atoms with Gasteiger partial charge in [0.2, 0.25) is 0 Å². The molecular formula is C15H31NO7Si. The Balaban J connectivity index is 5.14. The third-order valence-corrected chi connectivity index (χ3v) is 7.58. The Labute approximate surface area is 145 Å². The van der Waals surface area contributed by atoms with Crippen LogP contribution in [0.1, 0.15) is 26.7 Å². The quantitative estimate of drug-likeness (QED) is 0.472. The number of carbonyl (C=O) groups is 2. The van der Waals surface area contributed by atoms with Crippen LogP contribution in [0.2, 0.25) is 6.04 Å². The van der Waals surface area contributed by atoms with Crippen LogP contribution >= 0.6 is 0 Å². The van der Waals surface area contributed by atoms with Crippen LogP contribution in [-0.4, -0.2) is 77.3 Å². The normalized spacial score (nSPS) is 14.0. The molecule has 0 aromatic rings. The predicted octanol–water partition coefficient (Wildman–Crippen LogP) is 1.39. The number of aliphatic carboxylic acids is 2. The molecule has 24 heavy (non-hydrogen) atoms. The monoisotopic (exact) mass is 365 g/mol. The van der Waals surface area contributed by atoms with Crippen molar-refractivity contribution in [2.75, 3.05) is 41.5 Å². The number of hydrogen-bond acceptors (Lipinski definition) is 6. The molecule has 0 radical (unpaired) electrons. The first kappa shape index (κ1) is 23.0. The third-order valence-electron chi connectivity index (χ3n) is 4.88. The van der Waals surface area contributed by atoms with Gasteiger partial charge in [0.25, 0.3) is 0 Å². The van der Waals surface area contributed by atoms with E-state index < -0.39 is 32.1 Å². The number of rotatable bonds is 13. The minimum Gasteiger partial charge on any atom is -0.481 e. The SMILES string of the molecule is CCC(CC)(C(=O)O)C(CN(C)CC[Si](OC)(OC)OC)C(=O)O. The van der Waals surface area contributed by atoms with Crippen LogP contribution in [0.25, 0.3) is 0 Å². The van der Waals surface area contributed by atoms with Gasteiger partial charge in [-0.05, 0) is 19.9 Å². The van der Waals surface area contributed by atoms with Crippen LogP contribution in [0.15, 0.2) is 0 Å². The van der Waals surface area contributed by atoms with Gasteiger partial charge in [-0.25, -0.2) is 0 Å². The number of carboxylic acids is 2. The van der Waals surface area contributed by atoms with Crippen molar-refractivity contribution in [2.24, 2.45) is 11.3 Å². The van der Waals surface area contributed by atoms with Gasteiger partial charge >= 0.3 is 20.7 Å². The second kappa shape index (κ2) is 10.1. The Morgan fingerprint density at radius 2 is 1.54 bits per heavy atom. The molecule has 142 valence electrons. The van der Waals surface area contributed by atoms with Crippen LogP contribution in [-0.2, 0) is 22.9 Å². The fourth-order valence-corrected chi connectivity index (χ4v) is 4.74. The summed E-state index contributed by atoms with van der Waals surface area (Å²) in [5.41, 5.74) is -1.28. The second-order valence-electron chi connectivity index (χ2n) is 5.87. The van der Waals surface area contributed by atoms with Gasteiger partial charge in [0, 0.05) is 40.5 Å². The van der Waals surface area contributed by atoms with E-state index in [1.165, 1.54) is 21.3 Å². The zero-order valence-electron chi connectivity index (χ0n) is 15.5. The van der Waals surface area contributed by atoms with Gasteiger partial charge < -0.3 is 28.4 Å². The van der Waals surface area contributed by atoms with Crippen molar-refractivity contribution in [3.63, 3.8) is 0 Å². The molecule has 0 saturated heterocycles. The van der Waals surface area contributed by atoms with Crippen LogP contribution in [0.3, 0.4) is 0 Å². The van der Waals surface area contributed by atoms with Gasteiger partial charge in [-0.3, -0.25) is 9.59 Å². The number of hydrogen-bond donors (Lipinski definition) is 2. The van der Waals surface area contributed by atoms with Crippen LogP contribution < -0.4 is 0 Å². The fourth-order valence-electron chi connectivity index (χ4n) is 2.97. The summed E-state index contributed by atoms with van der Waals surface area (Å²) >= 11 is 0. The summed E-state index contributed by atoms with van der Waals surface area (Å²) in [5, 5.41) is 19.2. The summed E-state index contributed by atoms with van der Waals surface area (Å²) in [4.78, 5) is 25.2. The lowest BCUT2D eigenvalue weighted by Crippen LogP contribution is -2.49. The lowest BCUT2D eigenvalue weighted by molar-refractivity contribution is -0.164. The maximum absolute atomic E-state index is 11.7. The molecule has 1 unspecified atom stereocenters. The van der Waals surface area contributed by atoms with E-state index in [1.807, 2.05) is 0 Å². The Morgan fingerprint density at radius 1 is 1.08 bits per heavy atom. The van der Waals surface area contributed by atoms with E-state index >= 15 is 0 Å². The molecule has 0 spiro atoms. The number of carboxylic acid groups (broad SMARTS) is 2. The summed E-state index contributed by atoms with van der Waals surface area (Å²) in [6.07, 6.45) is 0.521. The van der Waals surface area contributed by atoms with Gasteiger partial charge in [0.15, 0.2) is 0 Å². The molecule has 9 heteroatoms. The van der Waals surface area contributed by atoms with Gasteiger partial charge in [-0.15, -0.1) is 0 Å². The molecule has 0 amide bonds. The van der Waals surface area contributed by atoms with Crippen LogP contribution in [0.4, 0.5) is 0 Å². The van der Waals surface area contributed by atoms with Crippen molar-refractivity contribution in [2.45, 2.75) is 32.7 Å². The van der Waals surface area contributed by atoms with Crippen molar-refractivity contribution < 1.29 is 33.1 Å². The Morgan fingerprint density at radius 3 is 1.83 bits per heavy atom. The molecule has 2 N–H and O–H groups in total. The van der Waals surface area contributed by atoms with Crippen LogP contribution in [0, 0.1) is 11.3 Å². The first-order chi connectivity index (χ1) is 11.2. The lowest BCUT2D eigenvalue weighted by atomic mass is 9.71. The molecule has 8 nitrogen and oxygen atoms in total. The minimum atomic E-state index is -2.75. The fraction of sp³-hybridized carbons (Fsp3) is 0.867. The van der Waals surface area contributed by atoms with E-state index in [4.69, 9.17) is 13.3 Å². The van der Waals surface area contributed by atoms with Gasteiger partial charge in [-0.2, -0.15) is 0 Å². The smallest absolute Gasteiger partial charge is 0.481 e. The summed E-state index contributed by atoms with van der Waals surface area (Å²) < 4.78 is 16.0. The largest absolute Gasteiger partial charge is 0.501 e. The summed E-state index contributed by atoms with van der Waals surface area (Å²) in [6, 6.07) is 0.484. The standard InChI is InChI=1S/C15H31NO7Si/c1-7-15(8-2,14(19)20)12(13(17)18)11-16(3)9-10-24(21-4,22-5)23-6/h12H,7-11H2,1-6H3,(H,17,18)(H,19,20). The van der Waals surface area contributed by atoms with Gasteiger partial charge in [0.05, 0.1) is 11.3 Å². The van der Waals surface area contributed by atoms with Crippen molar-refractivity contribution in [1.29, 1.82) is 0 Å². The Bertz CT molecular complexity index is 402. The van der Waals surface area contributed by atoms with E-state index in [9.17, 15) is 19.8 Å². The number of nitrogens with zero attached hydrogens (tertiary/aromatic N) is 1. The topological polar surface area (TPSA) is 106 Å². The van der Waals surface area contributed by atoms with Crippen molar-refractivity contribution in [3.8, 4) is 0 Å². The van der Waals surface area contributed by atoms with E-state index in [0.29, 0.717) is 12.6 Å². The molecule has 0 saturated carbocycles. The molecule has 0 aromatic carbocycles. The summed E-state index contributed by atoms with van der Waals surface area (Å²) in [7, 11) is 3.56. The van der Waals surface area contributed by atoms with E-state index in [0.717, 1.165) is 0 Å². The van der Waals surface area contributed by atoms with E-state index in [1.54, 1.807) is 25.8 Å². The van der Waals surface area contributed by atoms with Crippen LogP contribution in [0.5, 0.6) is 0 Å². The Kier molecular flexibility index (Phi) is 9.67. The molecule has 0 aliphatic rings. The molecule has 0 bridgehead atoms. The first-order valence-corrected chi connectivity index (χ1v) is 9.91. The highest BCUT2D eigenvalue weighted by Gasteiger charge is 2.47. The zero-order valence-corrected chi connectivity index (χ0v) is 16.5. The van der Waals surface area contributed by atoms with E-state index in [2.05, 4.69) is 0 Å². The molecule has 0 rings (SSSR count). The molecule has 0 aromatic heterocycles. The lowest BCUT2D eigenvalue weighted by Gasteiger charge is -2.35. The van der Waals surface area contributed by atoms with Crippen molar-refractivity contribution in [1.82, 2.24) is 4.90 Å². The molecule has 1 atom stereocenters. The van der Waals surface area contributed by atoms with Gasteiger partial charge in [-0.1, -0.05) is 13.8 Å². The summed E-state index contributed by atoms with van der Waals surface area (Å²) in [5.74, 6) is -3.16. The zero-order chi connectivity index (χ0) is 19.0. The van der Waals surface area contributed by atoms with Crippen molar-refractivity contribution >= 4 is 20.7 Å². The highest BCUT2D eigenvalue weighted by molar-refractivity contribution is 6.60. The third kappa shape index (κ3) is 5.25. The second-order valence-corrected chi connectivity index (χ2v) is 8.96. The average Bonchev–Trinajstić information content (AvgIpc) is 2.56. The highest BCUT2D eigenvalue weighted by atomic mass is 28.4. The summed E-state index contributed by atoms with van der Waals surface area (Å²) in [6.45, 7) is 4.04. The predicted molar refractivity (Wildman–Crippen MR) is 90.9 cm³/mol. The molecule has 0 heterocycles. The maximum atomic E-state index is 11.7. The maximum Gasteiger partial charge on any atom is 0.501 e. The van der Waals surface area contributed by atoms with E-state index in [-0.39, 0.29) is 19.4 Å². The average molecular weight is 365 g/mol. The van der Waals surface area contributed by atoms with Gasteiger partial charge in [0.1, 0.15) is 0 Å². The molecule has 0 aliphatic carbocycles. The highest BCUT2D eigenvalue weighted by Crippen LogP contribution is 2.36. The minimum absolute atomic E-state index is 0.130. The molecule has 0 fully saturated rings. The Hall–Kier alpha value is -1.00. The first-order valence-electron chi connectivity index (χ1n) is 7.98. The molecule has 0 aliphatic heterocycles.